The molecule has 4 rings (SSSR count). The summed E-state index contributed by atoms with van der Waals surface area (Å²) in [4.78, 5) is 17.0. The van der Waals surface area contributed by atoms with Crippen LogP contribution in [0.1, 0.15) is 31.0 Å². The second-order valence-electron chi connectivity index (χ2n) is 5.74. The fraction of sp³-hybridized carbons (Fsp3) is 0.643. The van der Waals surface area contributed by atoms with Gasteiger partial charge in [-0.25, -0.2) is 0 Å². The molecule has 0 aliphatic carbocycles. The van der Waals surface area contributed by atoms with Gasteiger partial charge in [-0.05, 0) is 48.2 Å². The van der Waals surface area contributed by atoms with Gasteiger partial charge in [0.15, 0.2) is 0 Å². The number of nitrogens with one attached hydrogen (secondary N) is 1. The summed E-state index contributed by atoms with van der Waals surface area (Å²) in [6.45, 7) is 2.87. The highest BCUT2D eigenvalue weighted by molar-refractivity contribution is 7.07. The summed E-state index contributed by atoms with van der Waals surface area (Å²) in [5.74, 6) is 0.273. The molecule has 3 unspecified atom stereocenters. The van der Waals surface area contributed by atoms with Gasteiger partial charge >= 0.3 is 0 Å². The van der Waals surface area contributed by atoms with E-state index < -0.39 is 0 Å². The van der Waals surface area contributed by atoms with Crippen molar-refractivity contribution in [3.8, 4) is 0 Å². The molecular formula is C14H19N3OS. The van der Waals surface area contributed by atoms with Gasteiger partial charge in [0.2, 0.25) is 5.91 Å². The third kappa shape index (κ3) is 1.83. The normalized spacial score (nSPS) is 35.3. The molecule has 3 fully saturated rings. The highest BCUT2D eigenvalue weighted by Gasteiger charge is 2.46. The Morgan fingerprint density at radius 1 is 1.26 bits per heavy atom. The molecule has 5 heteroatoms. The van der Waals surface area contributed by atoms with Crippen molar-refractivity contribution in [2.75, 3.05) is 19.6 Å². The van der Waals surface area contributed by atoms with E-state index in [0.717, 1.165) is 13.0 Å². The quantitative estimate of drug-likeness (QED) is 0.888. The van der Waals surface area contributed by atoms with Crippen LogP contribution in [0.25, 0.3) is 0 Å². The Morgan fingerprint density at radius 2 is 2.21 bits per heavy atom. The zero-order valence-electron chi connectivity index (χ0n) is 10.9. The average molecular weight is 277 g/mol. The van der Waals surface area contributed by atoms with Crippen molar-refractivity contribution < 1.29 is 4.79 Å². The summed E-state index contributed by atoms with van der Waals surface area (Å²) in [6.07, 6.45) is 3.79. The summed E-state index contributed by atoms with van der Waals surface area (Å²) in [5.41, 5.74) is 1.24. The molecule has 4 nitrogen and oxygen atoms in total. The lowest BCUT2D eigenvalue weighted by Crippen LogP contribution is -2.45. The molecular weight excluding hydrogens is 258 g/mol. The number of carbonyl (C=O) groups is 1. The molecule has 0 radical (unpaired) electrons. The van der Waals surface area contributed by atoms with Crippen LogP contribution in [0.5, 0.6) is 0 Å². The Kier molecular flexibility index (Phi) is 2.86. The van der Waals surface area contributed by atoms with Crippen molar-refractivity contribution in [2.45, 2.75) is 37.5 Å². The van der Waals surface area contributed by atoms with E-state index in [0.29, 0.717) is 18.6 Å². The van der Waals surface area contributed by atoms with Crippen LogP contribution in [0, 0.1) is 0 Å². The topological polar surface area (TPSA) is 35.6 Å². The molecule has 1 amide bonds. The van der Waals surface area contributed by atoms with Gasteiger partial charge in [-0.15, -0.1) is 0 Å². The number of nitrogens with zero attached hydrogens (tertiary/aromatic N) is 2. The lowest BCUT2D eigenvalue weighted by atomic mass is 10.0. The molecule has 1 N–H and O–H groups in total. The Balaban J connectivity index is 1.62. The Labute approximate surface area is 117 Å². The molecule has 3 aliphatic heterocycles. The number of hydrogen-bond acceptors (Lipinski definition) is 4. The summed E-state index contributed by atoms with van der Waals surface area (Å²) in [6, 6.07) is 3.15. The van der Waals surface area contributed by atoms with Crippen LogP contribution in [-0.2, 0) is 4.79 Å². The third-order valence-corrected chi connectivity index (χ3v) is 5.50. The molecule has 3 aliphatic rings. The molecule has 102 valence electrons. The van der Waals surface area contributed by atoms with E-state index >= 15 is 0 Å². The molecule has 3 saturated heterocycles. The number of fused-ring (bicyclic) bond motifs is 1. The number of rotatable bonds is 2. The number of thiophene rings is 1. The van der Waals surface area contributed by atoms with Gasteiger partial charge in [0.25, 0.3) is 0 Å². The molecule has 0 bridgehead atoms. The minimum Gasteiger partial charge on any atom is -0.317 e. The van der Waals surface area contributed by atoms with Crippen LogP contribution in [0.15, 0.2) is 16.8 Å². The van der Waals surface area contributed by atoms with Crippen LogP contribution < -0.4 is 5.32 Å². The molecule has 1 aromatic heterocycles. The first kappa shape index (κ1) is 11.9. The molecule has 19 heavy (non-hydrogen) atoms. The first-order valence-corrected chi connectivity index (χ1v) is 8.09. The van der Waals surface area contributed by atoms with Crippen molar-refractivity contribution in [1.82, 2.24) is 15.1 Å². The second kappa shape index (κ2) is 4.58. The van der Waals surface area contributed by atoms with E-state index in [1.807, 2.05) is 0 Å². The van der Waals surface area contributed by atoms with Gasteiger partial charge in [-0.2, -0.15) is 11.3 Å². The average Bonchev–Trinajstić information content (AvgIpc) is 3.11. The number of hydrogen-bond donors (Lipinski definition) is 1. The molecule has 1 aromatic rings. The highest BCUT2D eigenvalue weighted by Crippen LogP contribution is 2.36. The lowest BCUT2D eigenvalue weighted by Gasteiger charge is -2.33. The van der Waals surface area contributed by atoms with E-state index in [2.05, 4.69) is 31.9 Å². The van der Waals surface area contributed by atoms with Gasteiger partial charge < -0.3 is 4.90 Å². The minimum absolute atomic E-state index is 0.101. The van der Waals surface area contributed by atoms with E-state index in [4.69, 9.17) is 0 Å². The number of carbonyl (C=O) groups excluding carboxylic acids is 1. The van der Waals surface area contributed by atoms with Crippen LogP contribution in [0.2, 0.25) is 0 Å². The summed E-state index contributed by atoms with van der Waals surface area (Å²) in [5, 5.41) is 7.63. The summed E-state index contributed by atoms with van der Waals surface area (Å²) >= 11 is 1.70. The van der Waals surface area contributed by atoms with Crippen molar-refractivity contribution >= 4 is 17.2 Å². The molecule has 0 saturated carbocycles. The maximum absolute atomic E-state index is 12.3. The smallest absolute Gasteiger partial charge is 0.238 e. The molecule has 0 aromatic carbocycles. The molecule has 0 spiro atoms. The Morgan fingerprint density at radius 3 is 3.05 bits per heavy atom. The van der Waals surface area contributed by atoms with Crippen molar-refractivity contribution in [3.05, 3.63) is 22.4 Å². The van der Waals surface area contributed by atoms with E-state index in [1.165, 1.54) is 24.9 Å². The second-order valence-corrected chi connectivity index (χ2v) is 6.52. The Bertz CT molecular complexity index is 475. The van der Waals surface area contributed by atoms with Crippen molar-refractivity contribution in [2.24, 2.45) is 0 Å². The minimum atomic E-state index is 0.101. The fourth-order valence-corrected chi connectivity index (χ4v) is 4.66. The number of amides is 1. The van der Waals surface area contributed by atoms with Gasteiger partial charge in [0.1, 0.15) is 6.17 Å². The maximum Gasteiger partial charge on any atom is 0.238 e. The molecule has 3 atom stereocenters. The SMILES string of the molecule is O=C1CNC(c2ccsc2)N1C1CCN2CCCC12. The van der Waals surface area contributed by atoms with Crippen LogP contribution in [-0.4, -0.2) is 47.4 Å². The van der Waals surface area contributed by atoms with Gasteiger partial charge in [-0.3, -0.25) is 15.0 Å². The lowest BCUT2D eigenvalue weighted by molar-refractivity contribution is -0.130. The standard InChI is InChI=1S/C14H19N3OS/c18-13-8-15-14(10-4-7-19-9-10)17(13)12-3-6-16-5-1-2-11(12)16/h4,7,9,11-12,14-15H,1-3,5-6,8H2. The van der Waals surface area contributed by atoms with Crippen LogP contribution >= 0.6 is 11.3 Å². The highest BCUT2D eigenvalue weighted by atomic mass is 32.1. The third-order valence-electron chi connectivity index (χ3n) is 4.80. The first-order chi connectivity index (χ1) is 9.34. The Hall–Kier alpha value is -0.910. The zero-order chi connectivity index (χ0) is 12.8. The van der Waals surface area contributed by atoms with E-state index in [1.54, 1.807) is 11.3 Å². The predicted molar refractivity (Wildman–Crippen MR) is 74.9 cm³/mol. The van der Waals surface area contributed by atoms with E-state index in [-0.39, 0.29) is 12.1 Å². The largest absolute Gasteiger partial charge is 0.317 e. The van der Waals surface area contributed by atoms with Crippen molar-refractivity contribution in [1.29, 1.82) is 0 Å². The van der Waals surface area contributed by atoms with Gasteiger partial charge in [-0.1, -0.05) is 0 Å². The maximum atomic E-state index is 12.3. The fourth-order valence-electron chi connectivity index (χ4n) is 3.98. The van der Waals surface area contributed by atoms with Crippen LogP contribution in [0.4, 0.5) is 0 Å². The molecule has 4 heterocycles. The monoisotopic (exact) mass is 277 g/mol. The van der Waals surface area contributed by atoms with Crippen LogP contribution in [0.3, 0.4) is 0 Å². The predicted octanol–water partition coefficient (Wildman–Crippen LogP) is 1.42. The van der Waals surface area contributed by atoms with E-state index in [9.17, 15) is 4.79 Å². The summed E-state index contributed by atoms with van der Waals surface area (Å²) < 4.78 is 0. The van der Waals surface area contributed by atoms with Gasteiger partial charge in [0, 0.05) is 12.6 Å². The first-order valence-electron chi connectivity index (χ1n) is 7.15. The summed E-state index contributed by atoms with van der Waals surface area (Å²) in [7, 11) is 0. The zero-order valence-corrected chi connectivity index (χ0v) is 11.7. The van der Waals surface area contributed by atoms with Gasteiger partial charge in [0.05, 0.1) is 12.6 Å². The van der Waals surface area contributed by atoms with Crippen molar-refractivity contribution in [3.63, 3.8) is 0 Å².